The van der Waals surface area contributed by atoms with Crippen molar-refractivity contribution >= 4 is 46.9 Å². The molecular formula is C31H27N3O4S. The molecule has 0 aliphatic carbocycles. The fourth-order valence-electron chi connectivity index (χ4n) is 3.61. The van der Waals surface area contributed by atoms with E-state index in [0.29, 0.717) is 22.6 Å². The molecule has 39 heavy (non-hydrogen) atoms. The maximum atomic E-state index is 13.4. The topological polar surface area (TPSA) is 96.5 Å². The van der Waals surface area contributed by atoms with Crippen LogP contribution in [0.2, 0.25) is 0 Å². The lowest BCUT2D eigenvalue weighted by Crippen LogP contribution is -2.30. The van der Waals surface area contributed by atoms with Gasteiger partial charge in [0.25, 0.3) is 11.8 Å². The van der Waals surface area contributed by atoms with Crippen LogP contribution >= 0.6 is 11.8 Å². The van der Waals surface area contributed by atoms with Gasteiger partial charge >= 0.3 is 0 Å². The molecule has 0 saturated carbocycles. The summed E-state index contributed by atoms with van der Waals surface area (Å²) in [6.45, 7) is 0. The number of thioether (sulfide) groups is 1. The zero-order valence-corrected chi connectivity index (χ0v) is 22.0. The number of methoxy groups -OCH3 is 1. The Balaban J connectivity index is 1.48. The van der Waals surface area contributed by atoms with E-state index in [1.807, 2.05) is 54.6 Å². The van der Waals surface area contributed by atoms with Crippen LogP contribution in [0, 0.1) is 0 Å². The molecular weight excluding hydrogens is 510 g/mol. The lowest BCUT2D eigenvalue weighted by molar-refractivity contribution is -0.114. The molecule has 0 radical (unpaired) electrons. The zero-order valence-electron chi connectivity index (χ0n) is 21.2. The van der Waals surface area contributed by atoms with Crippen LogP contribution in [0.15, 0.2) is 120 Å². The molecule has 196 valence electrons. The number of para-hydroxylation sites is 2. The van der Waals surface area contributed by atoms with Crippen LogP contribution in [0.5, 0.6) is 5.75 Å². The molecule has 0 saturated heterocycles. The van der Waals surface area contributed by atoms with Gasteiger partial charge in [-0.15, -0.1) is 11.8 Å². The number of hydrogen-bond donors (Lipinski definition) is 3. The summed E-state index contributed by atoms with van der Waals surface area (Å²) >= 11 is 1.35. The first kappa shape index (κ1) is 27.2. The van der Waals surface area contributed by atoms with E-state index < -0.39 is 11.8 Å². The van der Waals surface area contributed by atoms with Gasteiger partial charge in [0, 0.05) is 27.4 Å². The van der Waals surface area contributed by atoms with Crippen molar-refractivity contribution in [2.24, 2.45) is 0 Å². The van der Waals surface area contributed by atoms with Crippen LogP contribution < -0.4 is 20.7 Å². The number of ether oxygens (including phenoxy) is 1. The van der Waals surface area contributed by atoms with Crippen molar-refractivity contribution < 1.29 is 19.1 Å². The quantitative estimate of drug-likeness (QED) is 0.175. The van der Waals surface area contributed by atoms with Crippen molar-refractivity contribution in [2.75, 3.05) is 23.5 Å². The van der Waals surface area contributed by atoms with Gasteiger partial charge in [-0.3, -0.25) is 14.4 Å². The molecule has 4 aromatic rings. The van der Waals surface area contributed by atoms with E-state index in [1.165, 1.54) is 18.9 Å². The predicted octanol–water partition coefficient (Wildman–Crippen LogP) is 5.84. The van der Waals surface area contributed by atoms with E-state index in [2.05, 4.69) is 16.0 Å². The Morgan fingerprint density at radius 3 is 2.18 bits per heavy atom. The fourth-order valence-corrected chi connectivity index (χ4v) is 4.37. The molecule has 0 aromatic heterocycles. The van der Waals surface area contributed by atoms with E-state index in [4.69, 9.17) is 4.74 Å². The van der Waals surface area contributed by atoms with Crippen molar-refractivity contribution in [1.82, 2.24) is 5.32 Å². The summed E-state index contributed by atoms with van der Waals surface area (Å²) in [4.78, 5) is 39.4. The Morgan fingerprint density at radius 2 is 1.44 bits per heavy atom. The Bertz CT molecular complexity index is 1470. The Hall–Kier alpha value is -4.82. The van der Waals surface area contributed by atoms with Gasteiger partial charge in [0.2, 0.25) is 5.91 Å². The lowest BCUT2D eigenvalue weighted by Gasteiger charge is -2.13. The van der Waals surface area contributed by atoms with Crippen LogP contribution in [0.25, 0.3) is 6.08 Å². The molecule has 0 bridgehead atoms. The van der Waals surface area contributed by atoms with Crippen LogP contribution in [-0.2, 0) is 9.59 Å². The molecule has 4 rings (SSSR count). The largest absolute Gasteiger partial charge is 0.496 e. The summed E-state index contributed by atoms with van der Waals surface area (Å²) in [6.07, 6.45) is 1.57. The van der Waals surface area contributed by atoms with E-state index in [1.54, 1.807) is 60.7 Å². The third kappa shape index (κ3) is 8.08. The normalized spacial score (nSPS) is 10.8. The van der Waals surface area contributed by atoms with Crippen molar-refractivity contribution in [3.63, 3.8) is 0 Å². The monoisotopic (exact) mass is 537 g/mol. The average molecular weight is 538 g/mol. The molecule has 0 heterocycles. The molecule has 0 aliphatic heterocycles. The number of anilines is 2. The number of amides is 3. The molecule has 0 aliphatic rings. The van der Waals surface area contributed by atoms with E-state index in [-0.39, 0.29) is 17.4 Å². The second-order valence-electron chi connectivity index (χ2n) is 8.30. The number of hydrogen-bond acceptors (Lipinski definition) is 5. The van der Waals surface area contributed by atoms with Gasteiger partial charge in [-0.1, -0.05) is 60.7 Å². The van der Waals surface area contributed by atoms with Crippen molar-refractivity contribution in [3.8, 4) is 5.75 Å². The second-order valence-corrected chi connectivity index (χ2v) is 9.35. The number of nitrogens with one attached hydrogen (secondary N) is 3. The minimum atomic E-state index is -0.505. The smallest absolute Gasteiger partial charge is 0.272 e. The standard InChI is InChI=1S/C31H27N3O4S/c1-38-28-18-9-8-13-23(28)19-27(34-30(36)22-11-4-2-5-12-22)31(37)33-25-16-10-17-26(20-25)39-21-29(35)32-24-14-6-3-7-15-24/h2-20H,21H2,1H3,(H,32,35)(H,33,37)(H,34,36)/b27-19+. The third-order valence-corrected chi connectivity index (χ3v) is 6.48. The van der Waals surface area contributed by atoms with Gasteiger partial charge < -0.3 is 20.7 Å². The third-order valence-electron chi connectivity index (χ3n) is 5.49. The highest BCUT2D eigenvalue weighted by Gasteiger charge is 2.16. The minimum Gasteiger partial charge on any atom is -0.496 e. The molecule has 3 N–H and O–H groups in total. The van der Waals surface area contributed by atoms with Crippen LogP contribution in [-0.4, -0.2) is 30.6 Å². The lowest BCUT2D eigenvalue weighted by atomic mass is 10.1. The van der Waals surface area contributed by atoms with Crippen LogP contribution in [0.1, 0.15) is 15.9 Å². The van der Waals surface area contributed by atoms with Gasteiger partial charge in [0.1, 0.15) is 11.4 Å². The summed E-state index contributed by atoms with van der Waals surface area (Å²) in [5.74, 6) is -0.289. The predicted molar refractivity (Wildman–Crippen MR) is 156 cm³/mol. The molecule has 0 atom stereocenters. The SMILES string of the molecule is COc1ccccc1/C=C(/NC(=O)c1ccccc1)C(=O)Nc1cccc(SCC(=O)Nc2ccccc2)c1. The summed E-state index contributed by atoms with van der Waals surface area (Å²) < 4.78 is 5.41. The van der Waals surface area contributed by atoms with E-state index in [9.17, 15) is 14.4 Å². The highest BCUT2D eigenvalue weighted by Crippen LogP contribution is 2.24. The number of carbonyl (C=O) groups is 3. The van der Waals surface area contributed by atoms with Crippen molar-refractivity contribution in [3.05, 3.63) is 126 Å². The molecule has 4 aromatic carbocycles. The summed E-state index contributed by atoms with van der Waals surface area (Å²) in [5.41, 5.74) is 2.36. The number of carbonyl (C=O) groups excluding carboxylic acids is 3. The summed E-state index contributed by atoms with van der Waals surface area (Å²) in [7, 11) is 1.54. The highest BCUT2D eigenvalue weighted by atomic mass is 32.2. The van der Waals surface area contributed by atoms with E-state index >= 15 is 0 Å². The number of rotatable bonds is 10. The van der Waals surface area contributed by atoms with E-state index in [0.717, 1.165) is 10.6 Å². The highest BCUT2D eigenvalue weighted by molar-refractivity contribution is 8.00. The van der Waals surface area contributed by atoms with Gasteiger partial charge in [-0.2, -0.15) is 0 Å². The van der Waals surface area contributed by atoms with Crippen molar-refractivity contribution in [2.45, 2.75) is 4.90 Å². The van der Waals surface area contributed by atoms with Gasteiger partial charge in [0.05, 0.1) is 12.9 Å². The fraction of sp³-hybridized carbons (Fsp3) is 0.0645. The Kier molecular flexibility index (Phi) is 9.52. The molecule has 3 amide bonds. The van der Waals surface area contributed by atoms with Gasteiger partial charge in [0.15, 0.2) is 0 Å². The molecule has 7 nitrogen and oxygen atoms in total. The first-order valence-corrected chi connectivity index (χ1v) is 13.1. The zero-order chi connectivity index (χ0) is 27.5. The Labute approximate surface area is 231 Å². The minimum absolute atomic E-state index is 0.0497. The van der Waals surface area contributed by atoms with Gasteiger partial charge in [-0.25, -0.2) is 0 Å². The summed E-state index contributed by atoms with van der Waals surface area (Å²) in [5, 5.41) is 8.43. The first-order valence-electron chi connectivity index (χ1n) is 12.1. The van der Waals surface area contributed by atoms with Crippen LogP contribution in [0.4, 0.5) is 11.4 Å². The Morgan fingerprint density at radius 1 is 0.769 bits per heavy atom. The maximum absolute atomic E-state index is 13.4. The average Bonchev–Trinajstić information content (AvgIpc) is 2.97. The summed E-state index contributed by atoms with van der Waals surface area (Å²) in [6, 6.07) is 32.3. The number of benzene rings is 4. The molecule has 0 fully saturated rings. The van der Waals surface area contributed by atoms with Gasteiger partial charge in [-0.05, 0) is 54.6 Å². The van der Waals surface area contributed by atoms with Crippen molar-refractivity contribution in [1.29, 1.82) is 0 Å². The molecule has 0 spiro atoms. The maximum Gasteiger partial charge on any atom is 0.272 e. The molecule has 8 heteroatoms. The molecule has 0 unspecified atom stereocenters. The first-order chi connectivity index (χ1) is 19.0. The van der Waals surface area contributed by atoms with Crippen LogP contribution in [0.3, 0.4) is 0 Å². The second kappa shape index (κ2) is 13.6.